The Hall–Kier alpha value is -0.800. The molecule has 1 saturated carbocycles. The van der Waals surface area contributed by atoms with E-state index in [4.69, 9.17) is 9.15 Å². The van der Waals surface area contributed by atoms with Gasteiger partial charge in [-0.3, -0.25) is 0 Å². The van der Waals surface area contributed by atoms with Gasteiger partial charge in [-0.15, -0.1) is 0 Å². The van der Waals surface area contributed by atoms with Crippen LogP contribution in [0.3, 0.4) is 0 Å². The van der Waals surface area contributed by atoms with E-state index in [2.05, 4.69) is 5.32 Å². The van der Waals surface area contributed by atoms with Crippen molar-refractivity contribution >= 4 is 0 Å². The molecule has 0 spiro atoms. The summed E-state index contributed by atoms with van der Waals surface area (Å²) in [5.74, 6) is 1.92. The lowest BCUT2D eigenvalue weighted by atomic mass is 10.1. The van der Waals surface area contributed by atoms with Crippen LogP contribution in [0.4, 0.5) is 0 Å². The summed E-state index contributed by atoms with van der Waals surface area (Å²) in [6.07, 6.45) is 8.23. The molecular weight excluding hydrogens is 214 g/mol. The van der Waals surface area contributed by atoms with Gasteiger partial charge in [0.2, 0.25) is 0 Å². The third kappa shape index (κ3) is 4.17. The molecule has 0 aromatic carbocycles. The molecule has 0 atom stereocenters. The summed E-state index contributed by atoms with van der Waals surface area (Å²) in [4.78, 5) is 0. The molecule has 1 heterocycles. The predicted molar refractivity (Wildman–Crippen MR) is 67.8 cm³/mol. The first-order valence-corrected chi connectivity index (χ1v) is 6.72. The summed E-state index contributed by atoms with van der Waals surface area (Å²) >= 11 is 0. The second-order valence-electron chi connectivity index (χ2n) is 4.82. The van der Waals surface area contributed by atoms with Crippen molar-refractivity contribution in [2.24, 2.45) is 0 Å². The number of hydrogen-bond donors (Lipinski definition) is 1. The third-order valence-corrected chi connectivity index (χ3v) is 3.33. The molecule has 1 N–H and O–H groups in total. The minimum Gasteiger partial charge on any atom is -0.462 e. The van der Waals surface area contributed by atoms with Crippen LogP contribution in [0, 0.1) is 0 Å². The molecule has 2 rings (SSSR count). The molecule has 0 amide bonds. The normalized spacial score (nSPS) is 18.2. The number of hydrogen-bond acceptors (Lipinski definition) is 3. The quantitative estimate of drug-likeness (QED) is 0.798. The van der Waals surface area contributed by atoms with E-state index in [1.54, 1.807) is 0 Å². The SMILES string of the molecule is CNCc1ccc(COC2CCCCCC2)o1. The largest absolute Gasteiger partial charge is 0.462 e. The molecule has 0 radical (unpaired) electrons. The minimum atomic E-state index is 0.440. The maximum atomic E-state index is 5.93. The molecule has 1 aromatic heterocycles. The molecule has 0 bridgehead atoms. The standard InChI is InChI=1S/C14H23NO2/c1-15-10-13-8-9-14(17-13)11-16-12-6-4-2-3-5-7-12/h8-9,12,15H,2-7,10-11H2,1H3. The summed E-state index contributed by atoms with van der Waals surface area (Å²) in [7, 11) is 1.92. The van der Waals surface area contributed by atoms with Crippen molar-refractivity contribution in [1.82, 2.24) is 5.32 Å². The van der Waals surface area contributed by atoms with Gasteiger partial charge in [0.05, 0.1) is 12.6 Å². The van der Waals surface area contributed by atoms with Crippen LogP contribution in [-0.4, -0.2) is 13.2 Å². The Morgan fingerprint density at radius 2 is 1.88 bits per heavy atom. The van der Waals surface area contributed by atoms with Crippen molar-refractivity contribution in [3.8, 4) is 0 Å². The Bertz CT molecular complexity index is 314. The van der Waals surface area contributed by atoms with Crippen molar-refractivity contribution in [3.63, 3.8) is 0 Å². The van der Waals surface area contributed by atoms with Crippen LogP contribution in [0.25, 0.3) is 0 Å². The summed E-state index contributed by atoms with van der Waals surface area (Å²) in [5.41, 5.74) is 0. The van der Waals surface area contributed by atoms with E-state index in [1.165, 1.54) is 38.5 Å². The molecule has 1 aliphatic rings. The molecular formula is C14H23NO2. The zero-order chi connectivity index (χ0) is 11.9. The maximum Gasteiger partial charge on any atom is 0.129 e. The third-order valence-electron chi connectivity index (χ3n) is 3.33. The van der Waals surface area contributed by atoms with E-state index >= 15 is 0 Å². The molecule has 1 aliphatic carbocycles. The highest BCUT2D eigenvalue weighted by molar-refractivity contribution is 5.06. The number of furan rings is 1. The van der Waals surface area contributed by atoms with Gasteiger partial charge in [-0.2, -0.15) is 0 Å². The fourth-order valence-electron chi connectivity index (χ4n) is 2.38. The van der Waals surface area contributed by atoms with Crippen molar-refractivity contribution in [1.29, 1.82) is 0 Å². The van der Waals surface area contributed by atoms with Gasteiger partial charge in [-0.05, 0) is 32.0 Å². The van der Waals surface area contributed by atoms with Crippen LogP contribution < -0.4 is 5.32 Å². The van der Waals surface area contributed by atoms with Crippen molar-refractivity contribution in [3.05, 3.63) is 23.7 Å². The smallest absolute Gasteiger partial charge is 0.129 e. The molecule has 1 aromatic rings. The number of nitrogens with one attached hydrogen (secondary N) is 1. The second kappa shape index (κ2) is 6.82. The van der Waals surface area contributed by atoms with E-state index in [0.717, 1.165) is 18.1 Å². The summed E-state index contributed by atoms with van der Waals surface area (Å²) in [5, 5.41) is 3.08. The lowest BCUT2D eigenvalue weighted by Crippen LogP contribution is -2.11. The van der Waals surface area contributed by atoms with Gasteiger partial charge >= 0.3 is 0 Å². The Morgan fingerprint density at radius 1 is 1.18 bits per heavy atom. The summed E-state index contributed by atoms with van der Waals surface area (Å²) < 4.78 is 11.6. The van der Waals surface area contributed by atoms with E-state index < -0.39 is 0 Å². The fraction of sp³-hybridized carbons (Fsp3) is 0.714. The monoisotopic (exact) mass is 237 g/mol. The lowest BCUT2D eigenvalue weighted by molar-refractivity contribution is 0.0215. The zero-order valence-electron chi connectivity index (χ0n) is 10.7. The highest BCUT2D eigenvalue weighted by Crippen LogP contribution is 2.21. The predicted octanol–water partition coefficient (Wildman–Crippen LogP) is 3.24. The second-order valence-corrected chi connectivity index (χ2v) is 4.82. The molecule has 3 nitrogen and oxygen atoms in total. The zero-order valence-corrected chi connectivity index (χ0v) is 10.7. The maximum absolute atomic E-state index is 5.93. The number of rotatable bonds is 5. The van der Waals surface area contributed by atoms with Gasteiger partial charge < -0.3 is 14.5 Å². The van der Waals surface area contributed by atoms with Crippen LogP contribution >= 0.6 is 0 Å². The van der Waals surface area contributed by atoms with Gasteiger partial charge in [0.25, 0.3) is 0 Å². The molecule has 17 heavy (non-hydrogen) atoms. The Kier molecular flexibility index (Phi) is 5.08. The molecule has 0 aliphatic heterocycles. The molecule has 0 unspecified atom stereocenters. The molecule has 0 saturated heterocycles. The highest BCUT2D eigenvalue weighted by atomic mass is 16.5. The van der Waals surface area contributed by atoms with Crippen molar-refractivity contribution in [2.45, 2.75) is 57.8 Å². The molecule has 96 valence electrons. The Balaban J connectivity index is 1.75. The fourth-order valence-corrected chi connectivity index (χ4v) is 2.38. The average molecular weight is 237 g/mol. The first-order chi connectivity index (χ1) is 8.38. The van der Waals surface area contributed by atoms with Crippen molar-refractivity contribution in [2.75, 3.05) is 7.05 Å². The van der Waals surface area contributed by atoms with Gasteiger partial charge in [0, 0.05) is 0 Å². The van der Waals surface area contributed by atoms with Crippen LogP contribution in [0.5, 0.6) is 0 Å². The van der Waals surface area contributed by atoms with E-state index in [-0.39, 0.29) is 0 Å². The van der Waals surface area contributed by atoms with E-state index in [9.17, 15) is 0 Å². The van der Waals surface area contributed by atoms with Crippen LogP contribution in [0.2, 0.25) is 0 Å². The van der Waals surface area contributed by atoms with Crippen molar-refractivity contribution < 1.29 is 9.15 Å². The van der Waals surface area contributed by atoms with E-state index in [0.29, 0.717) is 12.7 Å². The van der Waals surface area contributed by atoms with E-state index in [1.807, 2.05) is 19.2 Å². The number of ether oxygens (including phenoxy) is 1. The van der Waals surface area contributed by atoms with Gasteiger partial charge in [0.1, 0.15) is 18.1 Å². The summed E-state index contributed by atoms with van der Waals surface area (Å²) in [6.45, 7) is 1.40. The van der Waals surface area contributed by atoms with Gasteiger partial charge in [0.15, 0.2) is 0 Å². The lowest BCUT2D eigenvalue weighted by Gasteiger charge is -2.14. The average Bonchev–Trinajstić information content (AvgIpc) is 2.63. The Labute approximate surface area is 104 Å². The summed E-state index contributed by atoms with van der Waals surface area (Å²) in [6, 6.07) is 4.03. The first kappa shape index (κ1) is 12.7. The topological polar surface area (TPSA) is 34.4 Å². The van der Waals surface area contributed by atoms with Crippen LogP contribution in [-0.2, 0) is 17.9 Å². The molecule has 3 heteroatoms. The Morgan fingerprint density at radius 3 is 2.59 bits per heavy atom. The van der Waals surface area contributed by atoms with Gasteiger partial charge in [-0.1, -0.05) is 25.7 Å². The minimum absolute atomic E-state index is 0.440. The van der Waals surface area contributed by atoms with Gasteiger partial charge in [-0.25, -0.2) is 0 Å². The van der Waals surface area contributed by atoms with Crippen LogP contribution in [0.1, 0.15) is 50.0 Å². The van der Waals surface area contributed by atoms with Crippen LogP contribution in [0.15, 0.2) is 16.5 Å². The highest BCUT2D eigenvalue weighted by Gasteiger charge is 2.13. The first-order valence-electron chi connectivity index (χ1n) is 6.72. The molecule has 1 fully saturated rings.